The number of rotatable bonds is 6. The number of nitrogens with zero attached hydrogens (tertiary/aromatic N) is 2. The number of hydrogen-bond acceptors (Lipinski definition) is 5. The molecular weight excluding hydrogens is 473 g/mol. The third kappa shape index (κ3) is 5.54. The molecule has 2 unspecified atom stereocenters. The number of ether oxygens (including phenoxy) is 1. The summed E-state index contributed by atoms with van der Waals surface area (Å²) in [6.45, 7) is 1.10. The van der Waals surface area contributed by atoms with Crippen molar-refractivity contribution in [2.24, 2.45) is 11.8 Å². The summed E-state index contributed by atoms with van der Waals surface area (Å²) in [7, 11) is 0. The van der Waals surface area contributed by atoms with Crippen LogP contribution >= 0.6 is 0 Å². The van der Waals surface area contributed by atoms with E-state index in [4.69, 9.17) is 9.15 Å². The van der Waals surface area contributed by atoms with Crippen molar-refractivity contribution in [2.45, 2.75) is 63.6 Å². The smallest absolute Gasteiger partial charge is 0.396 e. The quantitative estimate of drug-likeness (QED) is 0.504. The lowest BCUT2D eigenvalue weighted by atomic mass is 10.2. The van der Waals surface area contributed by atoms with Crippen molar-refractivity contribution in [3.63, 3.8) is 0 Å². The summed E-state index contributed by atoms with van der Waals surface area (Å²) in [6.07, 6.45) is -0.101. The van der Waals surface area contributed by atoms with Gasteiger partial charge >= 0.3 is 6.18 Å². The molecular formula is C24H26F5N3O3. The molecule has 2 aliphatic carbocycles. The maximum Gasteiger partial charge on any atom is 0.396 e. The Kier molecular flexibility index (Phi) is 6.35. The van der Waals surface area contributed by atoms with Gasteiger partial charge in [0.1, 0.15) is 12.2 Å². The Morgan fingerprint density at radius 3 is 2.29 bits per heavy atom. The van der Waals surface area contributed by atoms with Crippen LogP contribution in [0.4, 0.5) is 33.7 Å². The molecule has 0 spiro atoms. The third-order valence-electron chi connectivity index (χ3n) is 6.88. The number of carbonyl (C=O) groups is 1. The van der Waals surface area contributed by atoms with Crippen LogP contribution in [0, 0.1) is 23.5 Å². The second kappa shape index (κ2) is 9.31. The van der Waals surface area contributed by atoms with Crippen molar-refractivity contribution in [3.05, 3.63) is 35.2 Å². The van der Waals surface area contributed by atoms with Gasteiger partial charge in [0.05, 0.1) is 6.10 Å². The molecule has 1 N–H and O–H groups in total. The number of anilines is 2. The van der Waals surface area contributed by atoms with E-state index in [2.05, 4.69) is 10.3 Å². The molecule has 2 aromatic rings. The highest BCUT2D eigenvalue weighted by Crippen LogP contribution is 2.52. The molecule has 1 saturated heterocycles. The molecule has 2 saturated carbocycles. The fourth-order valence-electron chi connectivity index (χ4n) is 5.07. The Morgan fingerprint density at radius 1 is 1.06 bits per heavy atom. The summed E-state index contributed by atoms with van der Waals surface area (Å²) < 4.78 is 79.5. The molecule has 190 valence electrons. The average molecular weight is 499 g/mol. The lowest BCUT2D eigenvalue weighted by molar-refractivity contribution is -0.130. The van der Waals surface area contributed by atoms with Crippen LogP contribution in [0.2, 0.25) is 0 Å². The highest BCUT2D eigenvalue weighted by molar-refractivity contribution is 6.03. The third-order valence-corrected chi connectivity index (χ3v) is 6.88. The second-order valence-corrected chi connectivity index (χ2v) is 9.65. The van der Waals surface area contributed by atoms with Gasteiger partial charge in [0, 0.05) is 30.9 Å². The zero-order valence-corrected chi connectivity index (χ0v) is 19.0. The predicted molar refractivity (Wildman–Crippen MR) is 117 cm³/mol. The van der Waals surface area contributed by atoms with Gasteiger partial charge in [-0.05, 0) is 43.9 Å². The van der Waals surface area contributed by atoms with E-state index >= 15 is 0 Å². The van der Waals surface area contributed by atoms with Gasteiger partial charge in [-0.3, -0.25) is 4.79 Å². The molecule has 1 aromatic heterocycles. The van der Waals surface area contributed by atoms with E-state index in [9.17, 15) is 26.7 Å². The number of nitrogens with one attached hydrogen (secondary N) is 1. The van der Waals surface area contributed by atoms with Crippen molar-refractivity contribution in [1.82, 2.24) is 4.98 Å². The van der Waals surface area contributed by atoms with Gasteiger partial charge in [-0.25, -0.2) is 8.78 Å². The van der Waals surface area contributed by atoms with Crippen molar-refractivity contribution < 1.29 is 35.9 Å². The molecule has 11 heteroatoms. The number of aromatic nitrogens is 1. The van der Waals surface area contributed by atoms with Crippen LogP contribution in [0.3, 0.4) is 0 Å². The average Bonchev–Trinajstić information content (AvgIpc) is 3.31. The van der Waals surface area contributed by atoms with Crippen molar-refractivity contribution in [2.75, 3.05) is 23.3 Å². The first kappa shape index (κ1) is 23.9. The molecule has 1 aliphatic heterocycles. The number of fused-ring (bicyclic) bond motifs is 1. The molecule has 0 bridgehead atoms. The van der Waals surface area contributed by atoms with Gasteiger partial charge in [0.2, 0.25) is 0 Å². The first-order valence-corrected chi connectivity index (χ1v) is 11.9. The fraction of sp³-hybridized carbons (Fsp3) is 0.583. The Balaban J connectivity index is 1.34. The van der Waals surface area contributed by atoms with Crippen LogP contribution in [0.25, 0.3) is 0 Å². The number of oxazole rings is 1. The number of alkyl halides is 3. The minimum absolute atomic E-state index is 0.0629. The predicted octanol–water partition coefficient (Wildman–Crippen LogP) is 5.87. The van der Waals surface area contributed by atoms with E-state index in [1.165, 1.54) is 0 Å². The lowest BCUT2D eigenvalue weighted by Gasteiger charge is -2.17. The maximum absolute atomic E-state index is 14.6. The molecule has 3 aliphatic rings. The van der Waals surface area contributed by atoms with Gasteiger partial charge in [-0.15, -0.1) is 0 Å². The molecule has 6 nitrogen and oxygen atoms in total. The van der Waals surface area contributed by atoms with E-state index < -0.39 is 47.3 Å². The maximum atomic E-state index is 14.6. The van der Waals surface area contributed by atoms with Crippen LogP contribution in [0.1, 0.15) is 61.2 Å². The molecule has 5 rings (SSSR count). The number of amides is 1. The monoisotopic (exact) mass is 499 g/mol. The number of benzene rings is 1. The Bertz CT molecular complexity index is 1060. The highest BCUT2D eigenvalue weighted by Gasteiger charge is 2.47. The van der Waals surface area contributed by atoms with Crippen molar-refractivity contribution in [1.29, 1.82) is 0 Å². The number of hydrogen-bond donors (Lipinski definition) is 1. The van der Waals surface area contributed by atoms with Crippen LogP contribution in [0.15, 0.2) is 16.5 Å². The normalized spacial score (nSPS) is 24.1. The molecule has 1 aromatic carbocycles. The number of carbonyl (C=O) groups excluding carboxylic acids is 1. The van der Waals surface area contributed by atoms with Crippen molar-refractivity contribution in [3.8, 4) is 5.75 Å². The summed E-state index contributed by atoms with van der Waals surface area (Å²) >= 11 is 0. The molecule has 1 amide bonds. The van der Waals surface area contributed by atoms with Gasteiger partial charge in [-0.1, -0.05) is 12.8 Å². The summed E-state index contributed by atoms with van der Waals surface area (Å²) in [5.74, 6) is -3.07. The molecule has 2 heterocycles. The van der Waals surface area contributed by atoms with E-state index in [-0.39, 0.29) is 17.8 Å². The van der Waals surface area contributed by atoms with E-state index in [1.807, 2.05) is 0 Å². The lowest BCUT2D eigenvalue weighted by Crippen LogP contribution is -2.24. The second-order valence-electron chi connectivity index (χ2n) is 9.65. The minimum Gasteiger partial charge on any atom is -0.484 e. The minimum atomic E-state index is -4.64. The van der Waals surface area contributed by atoms with Crippen LogP contribution in [0.5, 0.6) is 5.75 Å². The van der Waals surface area contributed by atoms with E-state index in [1.54, 1.807) is 4.90 Å². The topological polar surface area (TPSA) is 67.6 Å². The van der Waals surface area contributed by atoms with Crippen LogP contribution in [-0.2, 0) is 6.42 Å². The summed E-state index contributed by atoms with van der Waals surface area (Å²) in [4.78, 5) is 18.6. The zero-order chi connectivity index (χ0) is 24.7. The molecule has 3 fully saturated rings. The first-order chi connectivity index (χ1) is 16.7. The fourth-order valence-corrected chi connectivity index (χ4v) is 5.07. The van der Waals surface area contributed by atoms with Gasteiger partial charge in [0.15, 0.2) is 23.1 Å². The molecule has 0 radical (unpaired) electrons. The van der Waals surface area contributed by atoms with E-state index in [0.29, 0.717) is 24.9 Å². The standard InChI is InChI=1S/C24H26F5N3O3/c25-17-10-15(11-18(26)21(17)34-16-8-13-7-14(13)9-16)30-22(33)20-19(12-24(27,28)29)35-23(31-20)32-5-3-1-2-4-6-32/h10-11,13-14,16H,1-9,12H2,(H,30,33). The Hall–Kier alpha value is -2.85. The van der Waals surface area contributed by atoms with Gasteiger partial charge in [0.25, 0.3) is 11.9 Å². The summed E-state index contributed by atoms with van der Waals surface area (Å²) in [5.41, 5.74) is -0.822. The van der Waals surface area contributed by atoms with Gasteiger partial charge < -0.3 is 19.4 Å². The summed E-state index contributed by atoms with van der Waals surface area (Å²) in [5, 5.41) is 2.25. The molecule has 2 atom stereocenters. The highest BCUT2D eigenvalue weighted by atomic mass is 19.4. The largest absolute Gasteiger partial charge is 0.484 e. The van der Waals surface area contributed by atoms with Gasteiger partial charge in [-0.2, -0.15) is 18.2 Å². The molecule has 35 heavy (non-hydrogen) atoms. The Labute approximate surface area is 198 Å². The summed E-state index contributed by atoms with van der Waals surface area (Å²) in [6, 6.07) is 1.70. The Morgan fingerprint density at radius 2 is 1.69 bits per heavy atom. The van der Waals surface area contributed by atoms with Crippen molar-refractivity contribution >= 4 is 17.6 Å². The first-order valence-electron chi connectivity index (χ1n) is 11.9. The number of halogens is 5. The van der Waals surface area contributed by atoms with E-state index in [0.717, 1.165) is 57.1 Å². The van der Waals surface area contributed by atoms with Crippen LogP contribution in [-0.4, -0.2) is 36.3 Å². The zero-order valence-electron chi connectivity index (χ0n) is 19.0. The van der Waals surface area contributed by atoms with Crippen LogP contribution < -0.4 is 15.0 Å². The SMILES string of the molecule is O=C(Nc1cc(F)c(OC2CC3CC3C2)c(F)c1)c1nc(N2CCCCCC2)oc1CC(F)(F)F.